The summed E-state index contributed by atoms with van der Waals surface area (Å²) in [5, 5.41) is 16.2. The number of anilines is 1. The minimum absolute atomic E-state index is 0.113. The highest BCUT2D eigenvalue weighted by Gasteiger charge is 2.46. The summed E-state index contributed by atoms with van der Waals surface area (Å²) in [6.45, 7) is 8.47. The van der Waals surface area contributed by atoms with Crippen molar-refractivity contribution < 1.29 is 19.4 Å². The smallest absolute Gasteiger partial charge is 0.247 e. The number of aliphatic hydroxyl groups is 1. The van der Waals surface area contributed by atoms with Gasteiger partial charge in [0.15, 0.2) is 0 Å². The van der Waals surface area contributed by atoms with Crippen LogP contribution in [0.1, 0.15) is 25.8 Å². The van der Waals surface area contributed by atoms with Crippen LogP contribution in [0.3, 0.4) is 0 Å². The van der Waals surface area contributed by atoms with Gasteiger partial charge in [0, 0.05) is 30.7 Å². The van der Waals surface area contributed by atoms with Crippen molar-refractivity contribution in [2.75, 3.05) is 25.1 Å². The fourth-order valence-electron chi connectivity index (χ4n) is 2.72. The van der Waals surface area contributed by atoms with Crippen molar-refractivity contribution in [1.82, 2.24) is 5.32 Å². The molecule has 3 N–H and O–H groups in total. The summed E-state index contributed by atoms with van der Waals surface area (Å²) in [6.07, 6.45) is 2.01. The van der Waals surface area contributed by atoms with E-state index < -0.39 is 11.0 Å². The number of rotatable bonds is 7. The molecular formula is C19H26N2O4. The Morgan fingerprint density at radius 1 is 1.36 bits per heavy atom. The number of hydrogen-bond donors (Lipinski definition) is 3. The summed E-state index contributed by atoms with van der Waals surface area (Å²) in [7, 11) is 0. The van der Waals surface area contributed by atoms with Gasteiger partial charge in [0.25, 0.3) is 0 Å². The fraction of sp³-hybridized carbons (Fsp3) is 0.474. The quantitative estimate of drug-likeness (QED) is 0.655. The molecule has 2 rings (SSSR count). The molecule has 136 valence electrons. The fourth-order valence-corrected chi connectivity index (χ4v) is 2.72. The first kappa shape index (κ1) is 19.1. The second-order valence-corrected chi connectivity index (χ2v) is 7.06. The van der Waals surface area contributed by atoms with Gasteiger partial charge in [-0.2, -0.15) is 0 Å². The van der Waals surface area contributed by atoms with Crippen molar-refractivity contribution in [1.29, 1.82) is 0 Å². The van der Waals surface area contributed by atoms with Gasteiger partial charge >= 0.3 is 0 Å². The molecule has 6 nitrogen and oxygen atoms in total. The van der Waals surface area contributed by atoms with Crippen molar-refractivity contribution in [3.8, 4) is 0 Å². The molecule has 2 amide bonds. The lowest BCUT2D eigenvalue weighted by atomic mass is 9.74. The first-order valence-corrected chi connectivity index (χ1v) is 8.35. The van der Waals surface area contributed by atoms with Crippen LogP contribution in [0.4, 0.5) is 5.69 Å². The standard InChI is InChI=1S/C19H26N2O4/c1-4-16(22)21-15-7-5-14(6-8-15)11-17(23)20-12-18(2,3)19(24)9-10-25-13-19/h4-8,24H,1,9-13H2,2-3H3,(H,20,23)(H,21,22). The van der Waals surface area contributed by atoms with E-state index in [9.17, 15) is 14.7 Å². The monoisotopic (exact) mass is 346 g/mol. The lowest BCUT2D eigenvalue weighted by molar-refractivity contribution is -0.122. The highest BCUT2D eigenvalue weighted by molar-refractivity contribution is 5.98. The van der Waals surface area contributed by atoms with Gasteiger partial charge in [-0.3, -0.25) is 9.59 Å². The maximum atomic E-state index is 12.2. The Bertz CT molecular complexity index is 631. The Labute approximate surface area is 148 Å². The van der Waals surface area contributed by atoms with E-state index in [2.05, 4.69) is 17.2 Å². The number of carbonyl (C=O) groups is 2. The predicted octanol–water partition coefficient (Wildman–Crippen LogP) is 1.65. The summed E-state index contributed by atoms with van der Waals surface area (Å²) in [5.74, 6) is -0.389. The molecule has 1 aliphatic rings. The molecule has 1 atom stereocenters. The van der Waals surface area contributed by atoms with Crippen LogP contribution in [-0.4, -0.2) is 42.3 Å². The molecule has 0 saturated carbocycles. The third-order valence-corrected chi connectivity index (χ3v) is 4.76. The highest BCUT2D eigenvalue weighted by atomic mass is 16.5. The molecule has 1 aliphatic heterocycles. The van der Waals surface area contributed by atoms with E-state index in [1.165, 1.54) is 6.08 Å². The number of benzene rings is 1. The third-order valence-electron chi connectivity index (χ3n) is 4.76. The Hall–Kier alpha value is -2.18. The zero-order valence-electron chi connectivity index (χ0n) is 14.8. The summed E-state index contributed by atoms with van der Waals surface area (Å²) in [4.78, 5) is 23.4. The molecule has 1 aromatic rings. The average molecular weight is 346 g/mol. The normalized spacial score (nSPS) is 20.1. The minimum atomic E-state index is -0.911. The molecule has 0 aliphatic carbocycles. The van der Waals surface area contributed by atoms with Gasteiger partial charge in [0.1, 0.15) is 0 Å². The van der Waals surface area contributed by atoms with Gasteiger partial charge in [-0.05, 0) is 23.8 Å². The van der Waals surface area contributed by atoms with Crippen LogP contribution in [0.2, 0.25) is 0 Å². The first-order valence-electron chi connectivity index (χ1n) is 8.35. The Balaban J connectivity index is 1.85. The minimum Gasteiger partial charge on any atom is -0.387 e. The molecule has 0 spiro atoms. The summed E-state index contributed by atoms with van der Waals surface area (Å²) in [5.41, 5.74) is 0.108. The van der Waals surface area contributed by atoms with Crippen LogP contribution in [0.25, 0.3) is 0 Å². The van der Waals surface area contributed by atoms with Crippen LogP contribution in [0.5, 0.6) is 0 Å². The van der Waals surface area contributed by atoms with E-state index in [0.29, 0.717) is 31.9 Å². The van der Waals surface area contributed by atoms with Crippen molar-refractivity contribution in [3.05, 3.63) is 42.5 Å². The predicted molar refractivity (Wildman–Crippen MR) is 96.1 cm³/mol. The number of amides is 2. The van der Waals surface area contributed by atoms with Crippen molar-refractivity contribution >= 4 is 17.5 Å². The van der Waals surface area contributed by atoms with Gasteiger partial charge in [-0.1, -0.05) is 32.6 Å². The Kier molecular flexibility index (Phi) is 5.98. The molecule has 1 aromatic carbocycles. The number of nitrogens with one attached hydrogen (secondary N) is 2. The van der Waals surface area contributed by atoms with E-state index in [-0.39, 0.29) is 18.2 Å². The van der Waals surface area contributed by atoms with E-state index in [1.54, 1.807) is 24.3 Å². The van der Waals surface area contributed by atoms with Gasteiger partial charge in [0.2, 0.25) is 11.8 Å². The lowest BCUT2D eigenvalue weighted by Gasteiger charge is -2.38. The topological polar surface area (TPSA) is 87.7 Å². The van der Waals surface area contributed by atoms with E-state index >= 15 is 0 Å². The van der Waals surface area contributed by atoms with Gasteiger partial charge < -0.3 is 20.5 Å². The maximum Gasteiger partial charge on any atom is 0.247 e. The summed E-state index contributed by atoms with van der Waals surface area (Å²) in [6, 6.07) is 7.07. The largest absolute Gasteiger partial charge is 0.387 e. The first-order chi connectivity index (χ1) is 11.8. The van der Waals surface area contributed by atoms with Crippen molar-refractivity contribution in [2.45, 2.75) is 32.3 Å². The Morgan fingerprint density at radius 3 is 2.60 bits per heavy atom. The molecule has 0 bridgehead atoms. The molecule has 1 unspecified atom stereocenters. The van der Waals surface area contributed by atoms with Crippen LogP contribution in [-0.2, 0) is 20.7 Å². The zero-order chi connectivity index (χ0) is 18.5. The molecule has 1 heterocycles. The summed E-state index contributed by atoms with van der Waals surface area (Å²) >= 11 is 0. The highest BCUT2D eigenvalue weighted by Crippen LogP contribution is 2.36. The van der Waals surface area contributed by atoms with Crippen molar-refractivity contribution in [2.24, 2.45) is 5.41 Å². The molecular weight excluding hydrogens is 320 g/mol. The van der Waals surface area contributed by atoms with Crippen LogP contribution in [0.15, 0.2) is 36.9 Å². The average Bonchev–Trinajstić information content (AvgIpc) is 3.03. The molecule has 25 heavy (non-hydrogen) atoms. The maximum absolute atomic E-state index is 12.2. The van der Waals surface area contributed by atoms with Gasteiger partial charge in [-0.15, -0.1) is 0 Å². The van der Waals surface area contributed by atoms with Crippen LogP contribution < -0.4 is 10.6 Å². The number of ether oxygens (including phenoxy) is 1. The molecule has 0 aromatic heterocycles. The molecule has 6 heteroatoms. The molecule has 1 saturated heterocycles. The van der Waals surface area contributed by atoms with E-state index in [1.807, 2.05) is 13.8 Å². The Morgan fingerprint density at radius 2 is 2.04 bits per heavy atom. The third kappa shape index (κ3) is 4.90. The van der Waals surface area contributed by atoms with E-state index in [4.69, 9.17) is 4.74 Å². The summed E-state index contributed by atoms with van der Waals surface area (Å²) < 4.78 is 5.30. The zero-order valence-corrected chi connectivity index (χ0v) is 14.8. The molecule has 0 radical (unpaired) electrons. The SMILES string of the molecule is C=CC(=O)Nc1ccc(CC(=O)NCC(C)(C)C2(O)CCOC2)cc1. The van der Waals surface area contributed by atoms with Crippen LogP contribution in [0, 0.1) is 5.41 Å². The van der Waals surface area contributed by atoms with Gasteiger partial charge in [0.05, 0.1) is 18.6 Å². The second kappa shape index (κ2) is 7.80. The van der Waals surface area contributed by atoms with Crippen molar-refractivity contribution in [3.63, 3.8) is 0 Å². The second-order valence-electron chi connectivity index (χ2n) is 7.06. The van der Waals surface area contributed by atoms with E-state index in [0.717, 1.165) is 5.56 Å². The lowest BCUT2D eigenvalue weighted by Crippen LogP contribution is -2.51. The number of carbonyl (C=O) groups excluding carboxylic acids is 2. The van der Waals surface area contributed by atoms with Gasteiger partial charge in [-0.25, -0.2) is 0 Å². The molecule has 1 fully saturated rings. The van der Waals surface area contributed by atoms with Crippen LogP contribution >= 0.6 is 0 Å². The number of hydrogen-bond acceptors (Lipinski definition) is 4.